The van der Waals surface area contributed by atoms with E-state index in [1.54, 1.807) is 10.7 Å². The Hall–Kier alpha value is -4.12. The first-order chi connectivity index (χ1) is 15.6. The van der Waals surface area contributed by atoms with Gasteiger partial charge in [0, 0.05) is 28.7 Å². The highest BCUT2D eigenvalue weighted by Crippen LogP contribution is 2.35. The van der Waals surface area contributed by atoms with Crippen molar-refractivity contribution in [3.8, 4) is 11.3 Å². The molecule has 0 unspecified atom stereocenters. The van der Waals surface area contributed by atoms with Crippen LogP contribution in [0.15, 0.2) is 91.0 Å². The van der Waals surface area contributed by atoms with E-state index in [4.69, 9.17) is 5.10 Å². The molecule has 2 heterocycles. The Morgan fingerprint density at radius 3 is 2.09 bits per heavy atom. The zero-order valence-corrected chi connectivity index (χ0v) is 17.8. The summed E-state index contributed by atoms with van der Waals surface area (Å²) in [5.41, 5.74) is 6.24. The van der Waals surface area contributed by atoms with Gasteiger partial charge in [-0.25, -0.2) is 4.79 Å². The minimum atomic E-state index is -0.981. The van der Waals surface area contributed by atoms with Crippen LogP contribution < -0.4 is 0 Å². The van der Waals surface area contributed by atoms with Gasteiger partial charge in [-0.05, 0) is 30.2 Å². The van der Waals surface area contributed by atoms with E-state index in [1.165, 1.54) is 5.56 Å². The molecular weight excluding hydrogens is 398 g/mol. The van der Waals surface area contributed by atoms with Crippen molar-refractivity contribution in [3.05, 3.63) is 114 Å². The predicted octanol–water partition coefficient (Wildman–Crippen LogP) is 5.61. The number of aromatic nitrogens is 3. The summed E-state index contributed by atoms with van der Waals surface area (Å²) >= 11 is 0. The van der Waals surface area contributed by atoms with E-state index in [1.807, 2.05) is 60.7 Å². The Kier molecular flexibility index (Phi) is 5.07. The number of nitrogens with zero attached hydrogens (tertiary/aromatic N) is 3. The van der Waals surface area contributed by atoms with Crippen molar-refractivity contribution in [3.63, 3.8) is 0 Å². The number of carboxylic acids is 1. The zero-order chi connectivity index (χ0) is 22.1. The van der Waals surface area contributed by atoms with Gasteiger partial charge in [0.2, 0.25) is 0 Å². The lowest BCUT2D eigenvalue weighted by atomic mass is 10.1. The molecule has 0 atom stereocenters. The number of fused-ring (bicyclic) bond motifs is 1. The molecule has 158 valence electrons. The lowest BCUT2D eigenvalue weighted by Crippen LogP contribution is -2.10. The maximum Gasteiger partial charge on any atom is 0.354 e. The molecule has 0 fully saturated rings. The van der Waals surface area contributed by atoms with E-state index in [2.05, 4.69) is 35.8 Å². The molecule has 0 radical (unpaired) electrons. The number of carbonyl (C=O) groups is 1. The van der Waals surface area contributed by atoms with Crippen molar-refractivity contribution < 1.29 is 9.90 Å². The molecule has 0 spiro atoms. The molecule has 5 nitrogen and oxygen atoms in total. The summed E-state index contributed by atoms with van der Waals surface area (Å²) in [5.74, 6) is -0.981. The topological polar surface area (TPSA) is 60.0 Å². The smallest absolute Gasteiger partial charge is 0.354 e. The highest BCUT2D eigenvalue weighted by Gasteiger charge is 2.21. The molecule has 2 aromatic heterocycles. The quantitative estimate of drug-likeness (QED) is 0.388. The minimum absolute atomic E-state index is 0.183. The van der Waals surface area contributed by atoms with Gasteiger partial charge >= 0.3 is 5.97 Å². The molecule has 0 saturated heterocycles. The largest absolute Gasteiger partial charge is 0.477 e. The molecule has 0 aliphatic rings. The van der Waals surface area contributed by atoms with Crippen molar-refractivity contribution in [2.75, 3.05) is 0 Å². The molecule has 0 aliphatic carbocycles. The van der Waals surface area contributed by atoms with Gasteiger partial charge < -0.3 is 9.67 Å². The highest BCUT2D eigenvalue weighted by molar-refractivity contribution is 5.98. The summed E-state index contributed by atoms with van der Waals surface area (Å²) in [6.07, 6.45) is 0. The van der Waals surface area contributed by atoms with E-state index in [9.17, 15) is 9.90 Å². The van der Waals surface area contributed by atoms with Crippen molar-refractivity contribution in [1.29, 1.82) is 0 Å². The first-order valence-corrected chi connectivity index (χ1v) is 10.6. The van der Waals surface area contributed by atoms with Gasteiger partial charge in [0.1, 0.15) is 5.69 Å². The summed E-state index contributed by atoms with van der Waals surface area (Å²) in [7, 11) is 0. The molecule has 0 saturated carbocycles. The fourth-order valence-corrected chi connectivity index (χ4v) is 4.31. The molecule has 5 aromatic rings. The molecule has 0 bridgehead atoms. The third-order valence-corrected chi connectivity index (χ3v) is 5.84. The maximum atomic E-state index is 12.0. The van der Waals surface area contributed by atoms with Gasteiger partial charge in [-0.15, -0.1) is 0 Å². The second-order valence-corrected chi connectivity index (χ2v) is 7.91. The first kappa shape index (κ1) is 19.8. The van der Waals surface area contributed by atoms with E-state index in [0.717, 1.165) is 34.3 Å². The summed E-state index contributed by atoms with van der Waals surface area (Å²) in [6, 6.07) is 30.0. The Labute approximate surface area is 186 Å². The van der Waals surface area contributed by atoms with Crippen LogP contribution >= 0.6 is 0 Å². The monoisotopic (exact) mass is 421 g/mol. The summed E-state index contributed by atoms with van der Waals surface area (Å²) in [6.45, 7) is 3.23. The lowest BCUT2D eigenvalue weighted by Gasteiger charge is -2.09. The van der Waals surface area contributed by atoms with Gasteiger partial charge in [0.15, 0.2) is 0 Å². The summed E-state index contributed by atoms with van der Waals surface area (Å²) < 4.78 is 3.85. The number of para-hydroxylation sites is 1. The van der Waals surface area contributed by atoms with Gasteiger partial charge in [-0.1, -0.05) is 78.9 Å². The van der Waals surface area contributed by atoms with Crippen LogP contribution in [-0.4, -0.2) is 25.4 Å². The van der Waals surface area contributed by atoms with Crippen LogP contribution in [0.2, 0.25) is 0 Å². The Morgan fingerprint density at radius 2 is 1.44 bits per heavy atom. The molecule has 5 rings (SSSR count). The molecule has 5 heteroatoms. The average molecular weight is 422 g/mol. The molecule has 32 heavy (non-hydrogen) atoms. The zero-order valence-electron chi connectivity index (χ0n) is 17.8. The molecule has 1 N–H and O–H groups in total. The second-order valence-electron chi connectivity index (χ2n) is 7.91. The Balaban J connectivity index is 1.64. The van der Waals surface area contributed by atoms with Crippen LogP contribution in [0.5, 0.6) is 0 Å². The number of hydrogen-bond acceptors (Lipinski definition) is 2. The van der Waals surface area contributed by atoms with Crippen molar-refractivity contribution in [2.45, 2.75) is 20.0 Å². The Bertz CT molecular complexity index is 1400. The average Bonchev–Trinajstić information content (AvgIpc) is 3.34. The van der Waals surface area contributed by atoms with Crippen LogP contribution in [0.25, 0.3) is 22.2 Å². The lowest BCUT2D eigenvalue weighted by molar-refractivity contribution is 0.0684. The van der Waals surface area contributed by atoms with E-state index >= 15 is 0 Å². The van der Waals surface area contributed by atoms with Gasteiger partial charge in [-0.3, -0.25) is 4.68 Å². The first-order valence-electron chi connectivity index (χ1n) is 10.6. The molecule has 0 aliphatic heterocycles. The van der Waals surface area contributed by atoms with Crippen molar-refractivity contribution in [1.82, 2.24) is 14.3 Å². The number of hydrogen-bond donors (Lipinski definition) is 1. The van der Waals surface area contributed by atoms with Crippen LogP contribution in [0.1, 0.15) is 27.3 Å². The van der Waals surface area contributed by atoms with Gasteiger partial charge in [-0.2, -0.15) is 5.10 Å². The summed E-state index contributed by atoms with van der Waals surface area (Å²) in [4.78, 5) is 12.0. The second kappa shape index (κ2) is 8.19. The van der Waals surface area contributed by atoms with E-state index in [0.29, 0.717) is 12.2 Å². The number of rotatable bonds is 6. The minimum Gasteiger partial charge on any atom is -0.477 e. The number of aromatic carboxylic acids is 1. The van der Waals surface area contributed by atoms with Gasteiger partial charge in [0.05, 0.1) is 12.2 Å². The van der Waals surface area contributed by atoms with Crippen molar-refractivity contribution in [2.24, 2.45) is 0 Å². The number of benzene rings is 3. The normalized spacial score (nSPS) is 11.2. The van der Waals surface area contributed by atoms with E-state index < -0.39 is 5.97 Å². The van der Waals surface area contributed by atoms with Crippen LogP contribution in [0.3, 0.4) is 0 Å². The van der Waals surface area contributed by atoms with Crippen LogP contribution in [0.4, 0.5) is 0 Å². The molecule has 0 amide bonds. The maximum absolute atomic E-state index is 12.0. The fourth-order valence-electron chi connectivity index (χ4n) is 4.31. The predicted molar refractivity (Wildman–Crippen MR) is 126 cm³/mol. The van der Waals surface area contributed by atoms with Gasteiger partial charge in [0.25, 0.3) is 0 Å². The van der Waals surface area contributed by atoms with Crippen LogP contribution in [0, 0.1) is 6.92 Å². The summed E-state index contributed by atoms with van der Waals surface area (Å²) in [5, 5.41) is 15.6. The fraction of sp³-hybridized carbons (Fsp3) is 0.111. The molecular formula is C27H23N3O2. The Morgan fingerprint density at radius 1 is 0.844 bits per heavy atom. The third-order valence-electron chi connectivity index (χ3n) is 5.84. The number of carboxylic acid groups (broad SMARTS) is 1. The van der Waals surface area contributed by atoms with Crippen LogP contribution in [-0.2, 0) is 13.1 Å². The van der Waals surface area contributed by atoms with E-state index in [-0.39, 0.29) is 5.69 Å². The highest BCUT2D eigenvalue weighted by atomic mass is 16.4. The SMILES string of the molecule is Cc1c(-c2cc(C(=O)O)n(Cc3ccccc3)n2)c2ccccc2n1Cc1ccccc1. The molecule has 3 aromatic carbocycles. The third kappa shape index (κ3) is 3.58. The standard InChI is InChI=1S/C27H23N3O2/c1-19-26(22-14-8-9-15-24(22)29(19)17-20-10-4-2-5-11-20)23-16-25(27(31)32)30(28-23)18-21-12-6-3-7-13-21/h2-16H,17-18H2,1H3,(H,31,32). The van der Waals surface area contributed by atoms with Crippen molar-refractivity contribution >= 4 is 16.9 Å².